The van der Waals surface area contributed by atoms with E-state index in [2.05, 4.69) is 146 Å². The number of aromatic nitrogens is 7. The van der Waals surface area contributed by atoms with Crippen LogP contribution in [0.5, 0.6) is 0 Å². The molecule has 0 spiro atoms. The molecular weight excluding hydrogens is 1020 g/mol. The summed E-state index contributed by atoms with van der Waals surface area (Å²) in [6.45, 7) is 33.1. The van der Waals surface area contributed by atoms with Crippen LogP contribution in [0.1, 0.15) is 219 Å². The van der Waals surface area contributed by atoms with Crippen molar-refractivity contribution in [3.8, 4) is 12.1 Å². The van der Waals surface area contributed by atoms with E-state index in [1.165, 1.54) is 64.3 Å². The third kappa shape index (κ3) is 14.3. The van der Waals surface area contributed by atoms with Crippen LogP contribution in [-0.4, -0.2) is 54.2 Å². The molecule has 13 heteroatoms. The van der Waals surface area contributed by atoms with Gasteiger partial charge in [0.25, 0.3) is 0 Å². The molecule has 2 radical (unpaired) electrons. The predicted octanol–water partition coefficient (Wildman–Crippen LogP) is 15.9. The first kappa shape index (κ1) is 61.4. The number of hydrogen-bond donors (Lipinski definition) is 0. The zero-order valence-corrected chi connectivity index (χ0v) is 51.6. The van der Waals surface area contributed by atoms with Crippen LogP contribution in [0.4, 0.5) is 0 Å². The van der Waals surface area contributed by atoms with Gasteiger partial charge in [0, 0.05) is 66.2 Å². The lowest BCUT2D eigenvalue weighted by Crippen LogP contribution is -2.28. The maximum absolute atomic E-state index is 12.4. The second-order valence-electron chi connectivity index (χ2n) is 26.6. The van der Waals surface area contributed by atoms with E-state index in [-0.39, 0.29) is 38.6 Å². The number of para-hydroxylation sites is 2. The predicted molar refractivity (Wildman–Crippen MR) is 331 cm³/mol. The molecular formula is C68H80BN9O2S. The Morgan fingerprint density at radius 1 is 0.543 bits per heavy atom. The monoisotopic (exact) mass is 1100 g/mol. The number of ketones is 2. The normalized spacial score (nSPS) is 14.5. The second kappa shape index (κ2) is 24.5. The molecule has 0 saturated heterocycles. The molecule has 81 heavy (non-hydrogen) atoms. The van der Waals surface area contributed by atoms with Gasteiger partial charge in [0.15, 0.2) is 23.0 Å². The maximum atomic E-state index is 12.4. The van der Waals surface area contributed by atoms with Crippen LogP contribution >= 0.6 is 11.3 Å². The quantitative estimate of drug-likeness (QED) is 0.105. The number of carbonyl (C=O) groups excluding carboxylic acids is 2. The minimum absolute atomic E-state index is 0.00907. The van der Waals surface area contributed by atoms with Gasteiger partial charge in [-0.3, -0.25) is 19.6 Å². The summed E-state index contributed by atoms with van der Waals surface area (Å²) in [6, 6.07) is 31.9. The van der Waals surface area contributed by atoms with E-state index in [9.17, 15) is 20.1 Å². The van der Waals surface area contributed by atoms with Crippen LogP contribution in [-0.2, 0) is 47.3 Å². The fraction of sp³-hybridized carbons (Fsp3) is 0.441. The molecule has 0 aliphatic heterocycles. The number of Topliss-reactive ketones (excluding diaryl/α,β-unsaturated/α-hetero) is 2. The summed E-state index contributed by atoms with van der Waals surface area (Å²) in [4.78, 5) is 43.3. The Hall–Kier alpha value is -7.22. The van der Waals surface area contributed by atoms with Gasteiger partial charge in [-0.15, -0.1) is 21.5 Å². The lowest BCUT2D eigenvalue weighted by atomic mass is 9.73. The van der Waals surface area contributed by atoms with Gasteiger partial charge in [-0.25, -0.2) is 9.97 Å². The van der Waals surface area contributed by atoms with Gasteiger partial charge in [0.05, 0.1) is 37.7 Å². The molecule has 8 aromatic rings. The highest BCUT2D eigenvalue weighted by atomic mass is 32.1. The Bertz CT molecular complexity index is 3730. The summed E-state index contributed by atoms with van der Waals surface area (Å²) < 4.78 is 2.86. The number of aryl methyl sites for hydroxylation is 4. The summed E-state index contributed by atoms with van der Waals surface area (Å²) in [5, 5.41) is 29.2. The van der Waals surface area contributed by atoms with Crippen LogP contribution in [0.3, 0.4) is 0 Å². The van der Waals surface area contributed by atoms with Gasteiger partial charge in [-0.05, 0) is 105 Å². The van der Waals surface area contributed by atoms with Crippen molar-refractivity contribution in [2.75, 3.05) is 0 Å². The van der Waals surface area contributed by atoms with Crippen LogP contribution < -0.4 is 0 Å². The third-order valence-corrected chi connectivity index (χ3v) is 16.0. The van der Waals surface area contributed by atoms with E-state index in [0.29, 0.717) is 33.7 Å². The standard InChI is InChI=1S/C15H20N2.C15H16O2.C14H18N2.C13H13BN4.C11H13NS/c1-15(2,3)14-12(10-16)9-11-7-5-4-6-8-13(11)17-14;1-9-12(15(2,3)4)14(17)11-8-6-5-7-10(11)13(9)16;1-14(2,3)13-11(9-15)8-10-6-4-5-7-12(10)16-13;1-13(2,3)12-15-11-10(16-17-12)8-6-4-5-7-9(8)18(11)14;1-11(2,3)10-12-8-6-4-5-7-9(8)13-10/h9H,4-8H2,1-3H3;5-8H,1-4H3;8H,4-7H2,1-3H3;4-7H,1-3H3;4-7H,1-3H3. The zero-order chi connectivity index (χ0) is 59.4. The number of nitrogens with zero attached hydrogens (tertiary/aromatic N) is 9. The summed E-state index contributed by atoms with van der Waals surface area (Å²) >= 11 is 1.79. The van der Waals surface area contributed by atoms with Crippen molar-refractivity contribution >= 4 is 63.2 Å². The average molecular weight is 1100 g/mol. The van der Waals surface area contributed by atoms with E-state index in [0.717, 1.165) is 70.1 Å². The number of hydrogen-bond acceptors (Lipinski definition) is 11. The van der Waals surface area contributed by atoms with E-state index in [1.807, 2.05) is 51.1 Å². The molecule has 0 amide bonds. The minimum Gasteiger partial charge on any atom is -0.381 e. The Morgan fingerprint density at radius 2 is 1.04 bits per heavy atom. The first-order valence-corrected chi connectivity index (χ1v) is 29.3. The Kier molecular flexibility index (Phi) is 18.6. The van der Waals surface area contributed by atoms with Crippen LogP contribution in [0.25, 0.3) is 32.3 Å². The molecule has 418 valence electrons. The van der Waals surface area contributed by atoms with Gasteiger partial charge < -0.3 is 4.48 Å². The SMILES string of the molecule is CC(C)(C)c1nc2c(cc1C#N)CCCC2.CC(C)(C)c1nc2c(cc1C#N)CCCCC2.CC(C)(C)c1nc2ccccc2s1.CC1=C(C(C)(C)C)C(=O)c2ccccc2C1=O.[B]n1c2ccccc2c2nnc(C(C)(C)C)nc21. The van der Waals surface area contributed by atoms with Crippen molar-refractivity contribution in [3.63, 3.8) is 0 Å². The van der Waals surface area contributed by atoms with Crippen molar-refractivity contribution < 1.29 is 9.59 Å². The molecule has 3 aliphatic rings. The summed E-state index contributed by atoms with van der Waals surface area (Å²) in [7, 11) is 6.07. The first-order chi connectivity index (χ1) is 37.9. The van der Waals surface area contributed by atoms with Crippen LogP contribution in [0.2, 0.25) is 0 Å². The van der Waals surface area contributed by atoms with Gasteiger partial charge in [-0.2, -0.15) is 10.5 Å². The van der Waals surface area contributed by atoms with Crippen molar-refractivity contribution in [1.82, 2.24) is 34.6 Å². The van der Waals surface area contributed by atoms with Crippen LogP contribution in [0.15, 0.2) is 96.1 Å². The first-order valence-electron chi connectivity index (χ1n) is 28.5. The van der Waals surface area contributed by atoms with Gasteiger partial charge >= 0.3 is 0 Å². The number of allylic oxidation sites excluding steroid dienone is 2. The number of nitriles is 2. The summed E-state index contributed by atoms with van der Waals surface area (Å²) in [5.41, 5.74) is 13.9. The van der Waals surface area contributed by atoms with Gasteiger partial charge in [0.2, 0.25) is 7.98 Å². The Labute approximate surface area is 486 Å². The number of pyridine rings is 2. The third-order valence-electron chi connectivity index (χ3n) is 14.5. The largest absolute Gasteiger partial charge is 0.381 e. The highest BCUT2D eigenvalue weighted by Gasteiger charge is 2.35. The van der Waals surface area contributed by atoms with Gasteiger partial charge in [0.1, 0.15) is 17.7 Å². The molecule has 0 saturated carbocycles. The summed E-state index contributed by atoms with van der Waals surface area (Å²) in [5.74, 6) is 0.667. The van der Waals surface area contributed by atoms with E-state index in [4.69, 9.17) is 17.9 Å². The fourth-order valence-corrected chi connectivity index (χ4v) is 11.4. The number of thiazole rings is 1. The average Bonchev–Trinajstić information content (AvgIpc) is 4.11. The number of benzene rings is 3. The van der Waals surface area contributed by atoms with E-state index >= 15 is 0 Å². The smallest absolute Gasteiger partial charge is 0.236 e. The molecule has 0 atom stereocenters. The van der Waals surface area contributed by atoms with Crippen molar-refractivity contribution in [2.24, 2.45) is 5.41 Å². The highest BCUT2D eigenvalue weighted by molar-refractivity contribution is 7.18. The number of carbonyl (C=O) groups is 2. The maximum Gasteiger partial charge on any atom is 0.236 e. The molecule has 0 unspecified atom stereocenters. The van der Waals surface area contributed by atoms with E-state index < -0.39 is 0 Å². The molecule has 11 nitrogen and oxygen atoms in total. The topological polar surface area (TPSA) is 164 Å². The Balaban J connectivity index is 0.000000147. The highest BCUT2D eigenvalue weighted by Crippen LogP contribution is 2.37. The van der Waals surface area contributed by atoms with E-state index in [1.54, 1.807) is 47.0 Å². The lowest BCUT2D eigenvalue weighted by molar-refractivity contribution is 0.0957. The molecule has 3 aromatic carbocycles. The van der Waals surface area contributed by atoms with Crippen molar-refractivity contribution in [3.05, 3.63) is 163 Å². The second-order valence-corrected chi connectivity index (χ2v) is 27.6. The fourth-order valence-electron chi connectivity index (χ4n) is 10.3. The lowest BCUT2D eigenvalue weighted by Gasteiger charge is -2.28. The van der Waals surface area contributed by atoms with Gasteiger partial charge in [-0.1, -0.05) is 165 Å². The number of fused-ring (bicyclic) bond motifs is 7. The molecule has 0 N–H and O–H groups in total. The summed E-state index contributed by atoms with van der Waals surface area (Å²) in [6.07, 6.45) is 10.5. The molecule has 3 aliphatic carbocycles. The molecule has 5 aromatic heterocycles. The van der Waals surface area contributed by atoms with Crippen molar-refractivity contribution in [1.29, 1.82) is 10.5 Å². The van der Waals surface area contributed by atoms with Crippen LogP contribution in [0, 0.1) is 28.1 Å². The minimum atomic E-state index is -0.301. The molecule has 0 fully saturated rings. The zero-order valence-electron chi connectivity index (χ0n) is 50.8. The molecule has 0 bridgehead atoms. The molecule has 11 rings (SSSR count). The number of rotatable bonds is 0. The Morgan fingerprint density at radius 3 is 1.56 bits per heavy atom. The molecule has 5 heterocycles. The van der Waals surface area contributed by atoms with Crippen molar-refractivity contribution in [2.45, 2.75) is 190 Å².